The monoisotopic (exact) mass is 289 g/mol. The van der Waals surface area contributed by atoms with Gasteiger partial charge in [0.25, 0.3) is 0 Å². The van der Waals surface area contributed by atoms with E-state index in [4.69, 9.17) is 4.74 Å². The molecule has 1 aliphatic rings. The SMILES string of the molecule is CC[C@H]1CSC(NC(=O)OC(C)(C)C)(C(=O)O)C1=O. The van der Waals surface area contributed by atoms with Gasteiger partial charge >= 0.3 is 12.1 Å². The largest absolute Gasteiger partial charge is 0.479 e. The Kier molecular flexibility index (Phi) is 4.50. The molecule has 1 fully saturated rings. The Labute approximate surface area is 116 Å². The van der Waals surface area contributed by atoms with E-state index in [1.165, 1.54) is 0 Å². The maximum atomic E-state index is 12.1. The zero-order chi connectivity index (χ0) is 14.8. The van der Waals surface area contributed by atoms with Crippen molar-refractivity contribution in [2.75, 3.05) is 5.75 Å². The van der Waals surface area contributed by atoms with Crippen LogP contribution in [0.4, 0.5) is 4.79 Å². The van der Waals surface area contributed by atoms with Crippen molar-refractivity contribution in [3.63, 3.8) is 0 Å². The van der Waals surface area contributed by atoms with Crippen molar-refractivity contribution in [2.45, 2.75) is 44.6 Å². The topological polar surface area (TPSA) is 92.7 Å². The third kappa shape index (κ3) is 3.40. The Hall–Kier alpha value is -1.24. The lowest BCUT2D eigenvalue weighted by Gasteiger charge is -2.26. The van der Waals surface area contributed by atoms with Crippen LogP contribution in [0.1, 0.15) is 34.1 Å². The van der Waals surface area contributed by atoms with Crippen LogP contribution in [-0.2, 0) is 14.3 Å². The fourth-order valence-electron chi connectivity index (χ4n) is 1.73. The van der Waals surface area contributed by atoms with Gasteiger partial charge in [-0.1, -0.05) is 6.92 Å². The summed E-state index contributed by atoms with van der Waals surface area (Å²) in [6.07, 6.45) is -0.343. The third-order valence-electron chi connectivity index (χ3n) is 2.69. The minimum atomic E-state index is -1.91. The molecule has 19 heavy (non-hydrogen) atoms. The molecule has 1 amide bonds. The highest BCUT2D eigenvalue weighted by molar-refractivity contribution is 8.02. The number of hydrogen-bond donors (Lipinski definition) is 2. The molecule has 6 nitrogen and oxygen atoms in total. The number of aliphatic carboxylic acids is 1. The van der Waals surface area contributed by atoms with E-state index in [0.717, 1.165) is 11.8 Å². The first kappa shape index (κ1) is 15.8. The van der Waals surface area contributed by atoms with Crippen LogP contribution in [0.5, 0.6) is 0 Å². The highest BCUT2D eigenvalue weighted by atomic mass is 32.2. The van der Waals surface area contributed by atoms with Crippen LogP contribution in [0.2, 0.25) is 0 Å². The summed E-state index contributed by atoms with van der Waals surface area (Å²) >= 11 is 0.932. The first-order valence-electron chi connectivity index (χ1n) is 6.05. The molecule has 0 aromatic heterocycles. The lowest BCUT2D eigenvalue weighted by Crippen LogP contribution is -2.57. The number of carbonyl (C=O) groups excluding carboxylic acids is 2. The van der Waals surface area contributed by atoms with Crippen molar-refractivity contribution >= 4 is 29.6 Å². The minimum absolute atomic E-state index is 0.351. The number of carbonyl (C=O) groups is 3. The summed E-state index contributed by atoms with van der Waals surface area (Å²) in [5, 5.41) is 11.5. The Balaban J connectivity index is 2.89. The Morgan fingerprint density at radius 1 is 1.53 bits per heavy atom. The predicted octanol–water partition coefficient (Wildman–Crippen LogP) is 1.63. The summed E-state index contributed by atoms with van der Waals surface area (Å²) in [6, 6.07) is 0. The predicted molar refractivity (Wildman–Crippen MR) is 71.0 cm³/mol. The molecule has 0 spiro atoms. The van der Waals surface area contributed by atoms with Gasteiger partial charge in [-0.2, -0.15) is 0 Å². The highest BCUT2D eigenvalue weighted by Crippen LogP contribution is 2.38. The zero-order valence-electron chi connectivity index (χ0n) is 11.5. The standard InChI is InChI=1S/C12H19NO5S/c1-5-7-6-19-12(8(7)14,9(15)16)13-10(17)18-11(2,3)4/h7H,5-6H2,1-4H3,(H,13,17)(H,15,16)/t7-,12?/m0/s1. The molecule has 1 saturated heterocycles. The lowest BCUT2D eigenvalue weighted by atomic mass is 9.97. The first-order chi connectivity index (χ1) is 8.62. The second-order valence-electron chi connectivity index (χ2n) is 5.39. The molecule has 0 radical (unpaired) electrons. The number of ether oxygens (including phenoxy) is 1. The van der Waals surface area contributed by atoms with Gasteiger partial charge in [-0.05, 0) is 27.2 Å². The van der Waals surface area contributed by atoms with Gasteiger partial charge < -0.3 is 9.84 Å². The van der Waals surface area contributed by atoms with E-state index in [1.54, 1.807) is 20.8 Å². The normalized spacial score (nSPS) is 27.2. The summed E-state index contributed by atoms with van der Waals surface area (Å²) in [7, 11) is 0. The molecular weight excluding hydrogens is 270 g/mol. The minimum Gasteiger partial charge on any atom is -0.479 e. The van der Waals surface area contributed by atoms with Gasteiger partial charge in [0.05, 0.1) is 0 Å². The number of nitrogens with one attached hydrogen (secondary N) is 1. The lowest BCUT2D eigenvalue weighted by molar-refractivity contribution is -0.145. The second kappa shape index (κ2) is 5.40. The first-order valence-corrected chi connectivity index (χ1v) is 7.03. The smallest absolute Gasteiger partial charge is 0.409 e. The zero-order valence-corrected chi connectivity index (χ0v) is 12.3. The molecule has 1 heterocycles. The third-order valence-corrected chi connectivity index (χ3v) is 4.17. The van der Waals surface area contributed by atoms with Gasteiger partial charge in [-0.3, -0.25) is 10.1 Å². The van der Waals surface area contributed by atoms with Crippen LogP contribution in [0.3, 0.4) is 0 Å². The summed E-state index contributed by atoms with van der Waals surface area (Å²) in [5.74, 6) is -1.80. The molecule has 1 aliphatic heterocycles. The van der Waals surface area contributed by atoms with Crippen LogP contribution >= 0.6 is 11.8 Å². The van der Waals surface area contributed by atoms with Crippen LogP contribution in [0.25, 0.3) is 0 Å². The van der Waals surface area contributed by atoms with Gasteiger partial charge in [0.2, 0.25) is 4.87 Å². The van der Waals surface area contributed by atoms with E-state index in [1.807, 2.05) is 6.92 Å². The van der Waals surface area contributed by atoms with Gasteiger partial charge in [0.1, 0.15) is 5.60 Å². The molecule has 1 rings (SSSR count). The fraction of sp³-hybridized carbons (Fsp3) is 0.750. The number of alkyl carbamates (subject to hydrolysis) is 1. The van der Waals surface area contributed by atoms with Crippen molar-refractivity contribution in [3.05, 3.63) is 0 Å². The maximum absolute atomic E-state index is 12.1. The Bertz CT molecular complexity index is 403. The number of rotatable bonds is 3. The average Bonchev–Trinajstić information content (AvgIpc) is 2.54. The molecule has 0 aromatic carbocycles. The highest BCUT2D eigenvalue weighted by Gasteiger charge is 2.55. The number of amides is 1. The molecular formula is C12H19NO5S. The van der Waals surface area contributed by atoms with Crippen LogP contribution in [0.15, 0.2) is 0 Å². The number of Topliss-reactive ketones (excluding diaryl/α,β-unsaturated/α-hetero) is 1. The summed E-state index contributed by atoms with van der Waals surface area (Å²) in [4.78, 5) is 33.3. The van der Waals surface area contributed by atoms with E-state index in [2.05, 4.69) is 5.32 Å². The number of ketones is 1. The number of thioether (sulfide) groups is 1. The molecule has 0 bridgehead atoms. The molecule has 7 heteroatoms. The molecule has 2 N–H and O–H groups in total. The molecule has 1 unspecified atom stereocenters. The van der Waals surface area contributed by atoms with Crippen molar-refractivity contribution in [1.29, 1.82) is 0 Å². The van der Waals surface area contributed by atoms with E-state index in [-0.39, 0.29) is 5.92 Å². The number of carboxylic acids is 1. The van der Waals surface area contributed by atoms with Crippen molar-refractivity contribution in [1.82, 2.24) is 5.32 Å². The van der Waals surface area contributed by atoms with Gasteiger partial charge in [-0.15, -0.1) is 11.8 Å². The van der Waals surface area contributed by atoms with Crippen LogP contribution < -0.4 is 5.32 Å². The number of carboxylic acid groups (broad SMARTS) is 1. The van der Waals surface area contributed by atoms with E-state index < -0.39 is 28.3 Å². The van der Waals surface area contributed by atoms with Crippen molar-refractivity contribution < 1.29 is 24.2 Å². The van der Waals surface area contributed by atoms with Gasteiger partial charge in [0, 0.05) is 11.7 Å². The van der Waals surface area contributed by atoms with Gasteiger partial charge in [-0.25, -0.2) is 9.59 Å². The molecule has 2 atom stereocenters. The maximum Gasteiger partial charge on any atom is 0.409 e. The Morgan fingerprint density at radius 2 is 2.11 bits per heavy atom. The molecule has 108 valence electrons. The molecule has 0 saturated carbocycles. The quantitative estimate of drug-likeness (QED) is 0.767. The summed E-state index contributed by atoms with van der Waals surface area (Å²) < 4.78 is 5.01. The molecule has 0 aromatic rings. The van der Waals surface area contributed by atoms with Crippen LogP contribution in [0, 0.1) is 5.92 Å². The Morgan fingerprint density at radius 3 is 2.47 bits per heavy atom. The fourth-order valence-corrected chi connectivity index (χ4v) is 3.15. The van der Waals surface area contributed by atoms with E-state index in [0.29, 0.717) is 12.2 Å². The summed E-state index contributed by atoms with van der Waals surface area (Å²) in [6.45, 7) is 6.81. The summed E-state index contributed by atoms with van der Waals surface area (Å²) in [5.41, 5.74) is -0.750. The van der Waals surface area contributed by atoms with Crippen LogP contribution in [-0.4, -0.2) is 39.2 Å². The molecule has 0 aliphatic carbocycles. The van der Waals surface area contributed by atoms with E-state index in [9.17, 15) is 19.5 Å². The van der Waals surface area contributed by atoms with Crippen molar-refractivity contribution in [3.8, 4) is 0 Å². The number of hydrogen-bond acceptors (Lipinski definition) is 5. The average molecular weight is 289 g/mol. The van der Waals surface area contributed by atoms with Gasteiger partial charge in [0.15, 0.2) is 5.78 Å². The second-order valence-corrected chi connectivity index (χ2v) is 6.63. The van der Waals surface area contributed by atoms with E-state index >= 15 is 0 Å². The van der Waals surface area contributed by atoms with Crippen molar-refractivity contribution in [2.24, 2.45) is 5.92 Å².